The van der Waals surface area contributed by atoms with Crippen LogP contribution in [0.2, 0.25) is 0 Å². The number of aliphatic hydroxyl groups is 1. The van der Waals surface area contributed by atoms with E-state index in [-0.39, 0.29) is 11.3 Å². The van der Waals surface area contributed by atoms with Gasteiger partial charge < -0.3 is 14.9 Å². The molecular weight excluding hydrogens is 314 g/mol. The maximum absolute atomic E-state index is 12.8. The number of β-amino-alcohol motifs (C(OH)–C–C–N with tert-alkyl or cyclic N) is 1. The Morgan fingerprint density at radius 3 is 2.16 bits per heavy atom. The summed E-state index contributed by atoms with van der Waals surface area (Å²) in [5, 5.41) is 10.5. The molecule has 0 spiro atoms. The number of likely N-dealkylation sites (N-methyl/N-ethyl adjacent to an activating group) is 1. The predicted molar refractivity (Wildman–Crippen MR) is 99.5 cm³/mol. The van der Waals surface area contributed by atoms with Crippen LogP contribution in [0, 0.1) is 5.41 Å². The van der Waals surface area contributed by atoms with E-state index in [1.165, 1.54) is 5.56 Å². The molecule has 0 unspecified atom stereocenters. The lowest BCUT2D eigenvalue weighted by atomic mass is 9.79. The van der Waals surface area contributed by atoms with Crippen LogP contribution in [0.25, 0.3) is 0 Å². The van der Waals surface area contributed by atoms with Gasteiger partial charge in [-0.25, -0.2) is 0 Å². The average Bonchev–Trinajstić information content (AvgIpc) is 2.78. The van der Waals surface area contributed by atoms with Gasteiger partial charge in [-0.15, -0.1) is 0 Å². The summed E-state index contributed by atoms with van der Waals surface area (Å²) < 4.78 is 0. The summed E-state index contributed by atoms with van der Waals surface area (Å²) >= 11 is 0. The lowest BCUT2D eigenvalue weighted by molar-refractivity contribution is -0.0108. The van der Waals surface area contributed by atoms with E-state index < -0.39 is 5.60 Å². The van der Waals surface area contributed by atoms with E-state index in [1.807, 2.05) is 32.9 Å². The first-order valence-corrected chi connectivity index (χ1v) is 9.19. The largest absolute Gasteiger partial charge is 0.388 e. The normalized spacial score (nSPS) is 27.6. The van der Waals surface area contributed by atoms with Crippen LogP contribution in [0.3, 0.4) is 0 Å². The molecule has 0 saturated carbocycles. The second kappa shape index (κ2) is 6.71. The molecule has 5 nitrogen and oxygen atoms in total. The zero-order chi connectivity index (χ0) is 18.2. The molecule has 1 N–H and O–H groups in total. The molecule has 1 amide bonds. The Labute approximate surface area is 151 Å². The molecule has 25 heavy (non-hydrogen) atoms. The number of amides is 1. The molecule has 3 rings (SSSR count). The summed E-state index contributed by atoms with van der Waals surface area (Å²) in [7, 11) is 2.16. The summed E-state index contributed by atoms with van der Waals surface area (Å²) in [5.41, 5.74) is 0.819. The highest BCUT2D eigenvalue weighted by atomic mass is 16.3. The van der Waals surface area contributed by atoms with Gasteiger partial charge in [0.05, 0.1) is 12.1 Å². The molecule has 2 fully saturated rings. The van der Waals surface area contributed by atoms with E-state index >= 15 is 0 Å². The van der Waals surface area contributed by atoms with Gasteiger partial charge in [-0.3, -0.25) is 9.69 Å². The van der Waals surface area contributed by atoms with Gasteiger partial charge in [0.15, 0.2) is 0 Å². The minimum Gasteiger partial charge on any atom is -0.388 e. The zero-order valence-corrected chi connectivity index (χ0v) is 16.0. The summed E-state index contributed by atoms with van der Waals surface area (Å²) in [5.74, 6) is 0.0111. The second-order valence-corrected chi connectivity index (χ2v) is 8.60. The van der Waals surface area contributed by atoms with E-state index in [0.717, 1.165) is 32.7 Å². The first-order chi connectivity index (χ1) is 11.7. The number of likely N-dealkylation sites (tertiary alicyclic amines) is 1. The number of rotatable bonds is 3. The SMILES string of the molecule is CN1CCN(Cc2ccc(C(=O)N3CC(C)(C)[C@](C)(O)C3)cc2)CC1. The van der Waals surface area contributed by atoms with Crippen molar-refractivity contribution < 1.29 is 9.90 Å². The fourth-order valence-corrected chi connectivity index (χ4v) is 3.63. The minimum atomic E-state index is -0.843. The van der Waals surface area contributed by atoms with Crippen LogP contribution in [0.15, 0.2) is 24.3 Å². The van der Waals surface area contributed by atoms with Crippen molar-refractivity contribution >= 4 is 5.91 Å². The average molecular weight is 345 g/mol. The minimum absolute atomic E-state index is 0.0111. The third kappa shape index (κ3) is 3.89. The molecule has 0 aliphatic carbocycles. The third-order valence-corrected chi connectivity index (χ3v) is 6.03. The number of nitrogens with zero attached hydrogens (tertiary/aromatic N) is 3. The maximum Gasteiger partial charge on any atom is 0.253 e. The Balaban J connectivity index is 1.62. The molecule has 1 atom stereocenters. The molecular formula is C20H31N3O2. The number of carbonyl (C=O) groups is 1. The molecule has 2 aliphatic heterocycles. The monoisotopic (exact) mass is 345 g/mol. The number of benzene rings is 1. The van der Waals surface area contributed by atoms with Gasteiger partial charge in [0.1, 0.15) is 0 Å². The van der Waals surface area contributed by atoms with E-state index in [0.29, 0.717) is 18.7 Å². The third-order valence-electron chi connectivity index (χ3n) is 6.03. The second-order valence-electron chi connectivity index (χ2n) is 8.60. The van der Waals surface area contributed by atoms with Crippen LogP contribution in [0.5, 0.6) is 0 Å². The Hall–Kier alpha value is -1.43. The molecule has 2 aliphatic rings. The fourth-order valence-electron chi connectivity index (χ4n) is 3.63. The quantitative estimate of drug-likeness (QED) is 0.905. The molecule has 0 radical (unpaired) electrons. The summed E-state index contributed by atoms with van der Waals surface area (Å²) in [6.07, 6.45) is 0. The molecule has 138 valence electrons. The summed E-state index contributed by atoms with van der Waals surface area (Å²) in [6, 6.07) is 7.97. The van der Waals surface area contributed by atoms with Crippen molar-refractivity contribution in [2.45, 2.75) is 32.9 Å². The molecule has 0 bridgehead atoms. The van der Waals surface area contributed by atoms with E-state index in [9.17, 15) is 9.90 Å². The summed E-state index contributed by atoms with van der Waals surface area (Å²) in [6.45, 7) is 12.2. The van der Waals surface area contributed by atoms with E-state index in [4.69, 9.17) is 0 Å². The van der Waals surface area contributed by atoms with Gasteiger partial charge in [0.25, 0.3) is 5.91 Å². The lowest BCUT2D eigenvalue weighted by Gasteiger charge is -2.32. The fraction of sp³-hybridized carbons (Fsp3) is 0.650. The topological polar surface area (TPSA) is 47.0 Å². The van der Waals surface area contributed by atoms with Crippen molar-refractivity contribution in [3.8, 4) is 0 Å². The first-order valence-electron chi connectivity index (χ1n) is 9.19. The van der Waals surface area contributed by atoms with E-state index in [1.54, 1.807) is 4.90 Å². The van der Waals surface area contributed by atoms with Gasteiger partial charge in [-0.2, -0.15) is 0 Å². The van der Waals surface area contributed by atoms with E-state index in [2.05, 4.69) is 29.0 Å². The first kappa shape index (κ1) is 18.4. The highest BCUT2D eigenvalue weighted by Gasteiger charge is 2.49. The van der Waals surface area contributed by atoms with Crippen LogP contribution < -0.4 is 0 Å². The van der Waals surface area contributed by atoms with Crippen molar-refractivity contribution in [1.82, 2.24) is 14.7 Å². The molecule has 2 saturated heterocycles. The molecule has 2 heterocycles. The van der Waals surface area contributed by atoms with Crippen molar-refractivity contribution in [2.75, 3.05) is 46.3 Å². The van der Waals surface area contributed by atoms with Crippen LogP contribution in [0.1, 0.15) is 36.7 Å². The van der Waals surface area contributed by atoms with Gasteiger partial charge in [0, 0.05) is 50.2 Å². The smallest absolute Gasteiger partial charge is 0.253 e. The Morgan fingerprint density at radius 1 is 1.04 bits per heavy atom. The molecule has 1 aromatic carbocycles. The molecule has 1 aromatic rings. The van der Waals surface area contributed by atoms with Crippen molar-refractivity contribution in [3.05, 3.63) is 35.4 Å². The zero-order valence-electron chi connectivity index (χ0n) is 16.0. The number of carbonyl (C=O) groups excluding carboxylic acids is 1. The Bertz CT molecular complexity index is 600. The number of piperazine rings is 1. The number of hydrogen-bond acceptors (Lipinski definition) is 4. The van der Waals surface area contributed by atoms with Crippen molar-refractivity contribution in [1.29, 1.82) is 0 Å². The van der Waals surface area contributed by atoms with Crippen molar-refractivity contribution in [3.63, 3.8) is 0 Å². The standard InChI is InChI=1S/C20H31N3O2/c1-19(2)14-23(15-20(19,3)25)18(24)17-7-5-16(6-8-17)13-22-11-9-21(4)10-12-22/h5-8,25H,9-15H2,1-4H3/t20-/m1/s1. The Kier molecular flexibility index (Phi) is 4.93. The van der Waals surface area contributed by atoms with Gasteiger partial charge in [-0.05, 0) is 31.7 Å². The number of hydrogen-bond donors (Lipinski definition) is 1. The summed E-state index contributed by atoms with van der Waals surface area (Å²) in [4.78, 5) is 19.3. The van der Waals surface area contributed by atoms with Crippen LogP contribution in [-0.2, 0) is 6.54 Å². The van der Waals surface area contributed by atoms with Crippen LogP contribution in [-0.4, -0.2) is 77.6 Å². The van der Waals surface area contributed by atoms with Crippen LogP contribution in [0.4, 0.5) is 0 Å². The molecule has 0 aromatic heterocycles. The predicted octanol–water partition coefficient (Wildman–Crippen LogP) is 1.67. The maximum atomic E-state index is 12.8. The lowest BCUT2D eigenvalue weighted by Crippen LogP contribution is -2.43. The molecule has 5 heteroatoms. The van der Waals surface area contributed by atoms with Gasteiger partial charge >= 0.3 is 0 Å². The highest BCUT2D eigenvalue weighted by Crippen LogP contribution is 2.38. The van der Waals surface area contributed by atoms with Crippen molar-refractivity contribution in [2.24, 2.45) is 5.41 Å². The Morgan fingerprint density at radius 2 is 1.64 bits per heavy atom. The highest BCUT2D eigenvalue weighted by molar-refractivity contribution is 5.94. The van der Waals surface area contributed by atoms with Gasteiger partial charge in [-0.1, -0.05) is 26.0 Å². The van der Waals surface area contributed by atoms with Crippen LogP contribution >= 0.6 is 0 Å². The van der Waals surface area contributed by atoms with Gasteiger partial charge in [0.2, 0.25) is 0 Å².